The van der Waals surface area contributed by atoms with Crippen LogP contribution in [0.1, 0.15) is 30.4 Å². The molecule has 0 amide bonds. The maximum absolute atomic E-state index is 14.2. The fourth-order valence-electron chi connectivity index (χ4n) is 3.52. The van der Waals surface area contributed by atoms with Crippen molar-refractivity contribution in [3.63, 3.8) is 0 Å². The Hall–Kier alpha value is -1.48. The van der Waals surface area contributed by atoms with E-state index in [1.165, 1.54) is 25.3 Å². The Balaban J connectivity index is 1.65. The van der Waals surface area contributed by atoms with Crippen LogP contribution in [0, 0.1) is 17.1 Å². The first-order chi connectivity index (χ1) is 11.3. The second-order valence-corrected chi connectivity index (χ2v) is 6.45. The van der Waals surface area contributed by atoms with Gasteiger partial charge in [-0.2, -0.15) is 5.26 Å². The number of likely N-dealkylation sites (tertiary alicyclic amines) is 1. The highest BCUT2D eigenvalue weighted by molar-refractivity contribution is 5.32. The number of nitriles is 1. The number of hydrogen-bond acceptors (Lipinski definition) is 4. The second kappa shape index (κ2) is 7.87. The van der Waals surface area contributed by atoms with Gasteiger partial charge in [0.05, 0.1) is 24.8 Å². The van der Waals surface area contributed by atoms with Crippen LogP contribution in [-0.2, 0) is 11.3 Å². The molecule has 0 aliphatic carbocycles. The van der Waals surface area contributed by atoms with Crippen LogP contribution >= 0.6 is 0 Å². The number of benzene rings is 1. The molecule has 4 nitrogen and oxygen atoms in total. The maximum Gasteiger partial charge on any atom is 0.129 e. The van der Waals surface area contributed by atoms with Crippen molar-refractivity contribution in [2.45, 2.75) is 31.8 Å². The van der Waals surface area contributed by atoms with Gasteiger partial charge >= 0.3 is 0 Å². The van der Waals surface area contributed by atoms with Crippen molar-refractivity contribution < 1.29 is 9.13 Å². The summed E-state index contributed by atoms with van der Waals surface area (Å²) in [5.74, 6) is -0.264. The van der Waals surface area contributed by atoms with Gasteiger partial charge in [-0.3, -0.25) is 9.80 Å². The number of rotatable bonds is 4. The standard InChI is InChI=1S/C18H24FN3O/c19-18-11-15(12-20)4-5-16(18)13-22-6-2-1-3-17(22)14-21-7-9-23-10-8-21/h4-5,11,17H,1-3,6-10,13-14H2. The highest BCUT2D eigenvalue weighted by Crippen LogP contribution is 2.22. The number of hydrogen-bond donors (Lipinski definition) is 0. The summed E-state index contributed by atoms with van der Waals surface area (Å²) in [6.07, 6.45) is 3.61. The van der Waals surface area contributed by atoms with Crippen molar-refractivity contribution in [2.75, 3.05) is 39.4 Å². The lowest BCUT2D eigenvalue weighted by Crippen LogP contribution is -2.49. The lowest BCUT2D eigenvalue weighted by molar-refractivity contribution is 0.0151. The summed E-state index contributed by atoms with van der Waals surface area (Å²) in [5.41, 5.74) is 1.08. The van der Waals surface area contributed by atoms with Gasteiger partial charge in [-0.1, -0.05) is 12.5 Å². The summed E-state index contributed by atoms with van der Waals surface area (Å²) in [5, 5.41) is 8.86. The third-order valence-electron chi connectivity index (χ3n) is 4.88. The smallest absolute Gasteiger partial charge is 0.129 e. The number of ether oxygens (including phenoxy) is 1. The summed E-state index contributed by atoms with van der Waals surface area (Å²) in [6.45, 7) is 6.32. The molecule has 23 heavy (non-hydrogen) atoms. The van der Waals surface area contributed by atoms with Crippen LogP contribution < -0.4 is 0 Å². The third-order valence-corrected chi connectivity index (χ3v) is 4.88. The fourth-order valence-corrected chi connectivity index (χ4v) is 3.52. The number of morpholine rings is 1. The van der Waals surface area contributed by atoms with Crippen LogP contribution in [0.25, 0.3) is 0 Å². The van der Waals surface area contributed by atoms with Gasteiger partial charge in [0.2, 0.25) is 0 Å². The molecular formula is C18H24FN3O. The van der Waals surface area contributed by atoms with E-state index in [1.807, 2.05) is 6.07 Å². The van der Waals surface area contributed by atoms with Crippen LogP contribution in [0.4, 0.5) is 4.39 Å². The lowest BCUT2D eigenvalue weighted by Gasteiger charge is -2.39. The Morgan fingerprint density at radius 3 is 2.78 bits per heavy atom. The first-order valence-corrected chi connectivity index (χ1v) is 8.49. The molecule has 2 aliphatic heterocycles. The van der Waals surface area contributed by atoms with Gasteiger partial charge in [0.1, 0.15) is 5.82 Å². The molecule has 0 N–H and O–H groups in total. The predicted molar refractivity (Wildman–Crippen MR) is 86.4 cm³/mol. The van der Waals surface area contributed by atoms with Crippen LogP contribution in [0.5, 0.6) is 0 Å². The Bertz CT molecular complexity index is 566. The van der Waals surface area contributed by atoms with Crippen LogP contribution in [-0.4, -0.2) is 55.2 Å². The van der Waals surface area contributed by atoms with Gasteiger partial charge in [0.25, 0.3) is 0 Å². The Morgan fingerprint density at radius 2 is 2.04 bits per heavy atom. The number of halogens is 1. The molecule has 2 fully saturated rings. The predicted octanol–water partition coefficient (Wildman–Crippen LogP) is 2.38. The topological polar surface area (TPSA) is 39.5 Å². The molecule has 0 spiro atoms. The second-order valence-electron chi connectivity index (χ2n) is 6.45. The van der Waals surface area contributed by atoms with E-state index in [0.29, 0.717) is 23.7 Å². The largest absolute Gasteiger partial charge is 0.379 e. The molecule has 2 aliphatic rings. The quantitative estimate of drug-likeness (QED) is 0.855. The van der Waals surface area contributed by atoms with Crippen LogP contribution in [0.15, 0.2) is 18.2 Å². The lowest BCUT2D eigenvalue weighted by atomic mass is 10.00. The minimum absolute atomic E-state index is 0.264. The van der Waals surface area contributed by atoms with E-state index in [9.17, 15) is 4.39 Å². The molecule has 3 rings (SSSR count). The van der Waals surface area contributed by atoms with E-state index < -0.39 is 0 Å². The molecule has 1 atom stereocenters. The molecule has 2 heterocycles. The molecule has 1 unspecified atom stereocenters. The normalized spacial score (nSPS) is 23.6. The Morgan fingerprint density at radius 1 is 1.22 bits per heavy atom. The Labute approximate surface area is 137 Å². The minimum atomic E-state index is -0.264. The number of piperidine rings is 1. The Kier molecular flexibility index (Phi) is 5.60. The van der Waals surface area contributed by atoms with Crippen LogP contribution in [0.3, 0.4) is 0 Å². The van der Waals surface area contributed by atoms with Gasteiger partial charge in [-0.25, -0.2) is 4.39 Å². The van der Waals surface area contributed by atoms with E-state index in [1.54, 1.807) is 12.1 Å². The number of nitrogens with zero attached hydrogens (tertiary/aromatic N) is 3. The van der Waals surface area contributed by atoms with Gasteiger partial charge < -0.3 is 4.74 Å². The molecule has 5 heteroatoms. The monoisotopic (exact) mass is 317 g/mol. The first-order valence-electron chi connectivity index (χ1n) is 8.49. The molecule has 1 aromatic rings. The summed E-state index contributed by atoms with van der Waals surface area (Å²) >= 11 is 0. The van der Waals surface area contributed by atoms with Crippen molar-refractivity contribution in [3.05, 3.63) is 35.1 Å². The minimum Gasteiger partial charge on any atom is -0.379 e. The average Bonchev–Trinajstić information content (AvgIpc) is 2.59. The van der Waals surface area contributed by atoms with Gasteiger partial charge in [0.15, 0.2) is 0 Å². The highest BCUT2D eigenvalue weighted by Gasteiger charge is 2.26. The zero-order valence-electron chi connectivity index (χ0n) is 13.5. The van der Waals surface area contributed by atoms with E-state index in [-0.39, 0.29) is 5.82 Å². The highest BCUT2D eigenvalue weighted by atomic mass is 19.1. The van der Waals surface area contributed by atoms with Crippen molar-refractivity contribution in [1.29, 1.82) is 5.26 Å². The molecule has 0 radical (unpaired) electrons. The SMILES string of the molecule is N#Cc1ccc(CN2CCCCC2CN2CCOCC2)c(F)c1. The van der Waals surface area contributed by atoms with Crippen molar-refractivity contribution in [3.8, 4) is 6.07 Å². The summed E-state index contributed by atoms with van der Waals surface area (Å²) < 4.78 is 19.6. The molecular weight excluding hydrogens is 293 g/mol. The zero-order chi connectivity index (χ0) is 16.1. The van der Waals surface area contributed by atoms with Crippen LogP contribution in [0.2, 0.25) is 0 Å². The average molecular weight is 317 g/mol. The summed E-state index contributed by atoms with van der Waals surface area (Å²) in [4.78, 5) is 4.87. The molecule has 2 saturated heterocycles. The summed E-state index contributed by atoms with van der Waals surface area (Å²) in [7, 11) is 0. The zero-order valence-corrected chi connectivity index (χ0v) is 13.5. The fraction of sp³-hybridized carbons (Fsp3) is 0.611. The molecule has 124 valence electrons. The van der Waals surface area contributed by atoms with E-state index in [4.69, 9.17) is 10.00 Å². The van der Waals surface area contributed by atoms with Gasteiger partial charge in [-0.15, -0.1) is 0 Å². The third kappa shape index (κ3) is 4.29. The first kappa shape index (κ1) is 16.4. The molecule has 1 aromatic carbocycles. The van der Waals surface area contributed by atoms with Crippen molar-refractivity contribution in [2.24, 2.45) is 0 Å². The summed E-state index contributed by atoms with van der Waals surface area (Å²) in [6, 6.07) is 7.28. The van der Waals surface area contributed by atoms with E-state index in [2.05, 4.69) is 9.80 Å². The molecule has 0 aromatic heterocycles. The van der Waals surface area contributed by atoms with E-state index in [0.717, 1.165) is 39.4 Å². The van der Waals surface area contributed by atoms with E-state index >= 15 is 0 Å². The maximum atomic E-state index is 14.2. The van der Waals surface area contributed by atoms with Gasteiger partial charge in [0, 0.05) is 37.8 Å². The van der Waals surface area contributed by atoms with Gasteiger partial charge in [-0.05, 0) is 31.5 Å². The van der Waals surface area contributed by atoms with Crippen molar-refractivity contribution >= 4 is 0 Å². The van der Waals surface area contributed by atoms with Crippen molar-refractivity contribution in [1.82, 2.24) is 9.80 Å². The molecule has 0 bridgehead atoms. The molecule has 0 saturated carbocycles.